The van der Waals surface area contributed by atoms with Crippen LogP contribution in [0.2, 0.25) is 0 Å². The molecule has 0 aliphatic rings. The molecule has 4 heteroatoms. The summed E-state index contributed by atoms with van der Waals surface area (Å²) in [6.07, 6.45) is 1.67. The van der Waals surface area contributed by atoms with E-state index in [1.165, 1.54) is 6.07 Å². The SMILES string of the molecule is CC(C)Cn1ccc(C(C)(C)C(=O)O)cc1=O. The predicted molar refractivity (Wildman–Crippen MR) is 66.2 cm³/mol. The first-order valence-electron chi connectivity index (χ1n) is 5.69. The Labute approximate surface area is 101 Å². The second-order valence-electron chi connectivity index (χ2n) is 5.23. The van der Waals surface area contributed by atoms with Gasteiger partial charge in [0.1, 0.15) is 0 Å². The van der Waals surface area contributed by atoms with Gasteiger partial charge >= 0.3 is 5.97 Å². The maximum Gasteiger partial charge on any atom is 0.313 e. The summed E-state index contributed by atoms with van der Waals surface area (Å²) >= 11 is 0. The van der Waals surface area contributed by atoms with Gasteiger partial charge < -0.3 is 9.67 Å². The predicted octanol–water partition coefficient (Wildman–Crippen LogP) is 1.87. The fourth-order valence-electron chi connectivity index (χ4n) is 1.56. The second-order valence-corrected chi connectivity index (χ2v) is 5.23. The maximum absolute atomic E-state index is 11.8. The highest BCUT2D eigenvalue weighted by molar-refractivity contribution is 5.80. The van der Waals surface area contributed by atoms with Crippen LogP contribution >= 0.6 is 0 Å². The lowest BCUT2D eigenvalue weighted by Gasteiger charge is -2.20. The van der Waals surface area contributed by atoms with Crippen LogP contribution < -0.4 is 5.56 Å². The molecule has 1 N–H and O–H groups in total. The van der Waals surface area contributed by atoms with E-state index in [4.69, 9.17) is 5.11 Å². The topological polar surface area (TPSA) is 59.3 Å². The highest BCUT2D eigenvalue weighted by Crippen LogP contribution is 2.21. The molecule has 0 radical (unpaired) electrons. The standard InChI is InChI=1S/C13H19NO3/c1-9(2)8-14-6-5-10(7-11(14)15)13(3,4)12(16)17/h5-7,9H,8H2,1-4H3,(H,16,17). The monoisotopic (exact) mass is 237 g/mol. The molecule has 0 fully saturated rings. The van der Waals surface area contributed by atoms with Gasteiger partial charge in [-0.25, -0.2) is 0 Å². The summed E-state index contributed by atoms with van der Waals surface area (Å²) in [6, 6.07) is 3.12. The van der Waals surface area contributed by atoms with Crippen molar-refractivity contribution >= 4 is 5.97 Å². The number of aliphatic carboxylic acids is 1. The van der Waals surface area contributed by atoms with E-state index in [-0.39, 0.29) is 5.56 Å². The van der Waals surface area contributed by atoms with E-state index in [1.54, 1.807) is 30.7 Å². The molecule has 4 nitrogen and oxygen atoms in total. The smallest absolute Gasteiger partial charge is 0.313 e. The molecule has 1 rings (SSSR count). The van der Waals surface area contributed by atoms with Crippen molar-refractivity contribution in [2.45, 2.75) is 39.7 Å². The number of hydrogen-bond donors (Lipinski definition) is 1. The van der Waals surface area contributed by atoms with E-state index in [0.29, 0.717) is 18.0 Å². The van der Waals surface area contributed by atoms with E-state index in [2.05, 4.69) is 0 Å². The Morgan fingerprint density at radius 2 is 2.06 bits per heavy atom. The minimum Gasteiger partial charge on any atom is -0.481 e. The van der Waals surface area contributed by atoms with Crippen LogP contribution in [0.25, 0.3) is 0 Å². The zero-order valence-corrected chi connectivity index (χ0v) is 10.7. The lowest BCUT2D eigenvalue weighted by molar-refractivity contribution is -0.142. The Kier molecular flexibility index (Phi) is 3.76. The van der Waals surface area contributed by atoms with Gasteiger partial charge in [0.15, 0.2) is 0 Å². The number of aromatic nitrogens is 1. The van der Waals surface area contributed by atoms with Crippen LogP contribution in [-0.2, 0) is 16.8 Å². The second kappa shape index (κ2) is 4.73. The largest absolute Gasteiger partial charge is 0.481 e. The third-order valence-corrected chi connectivity index (χ3v) is 2.81. The lowest BCUT2D eigenvalue weighted by atomic mass is 9.85. The third-order valence-electron chi connectivity index (χ3n) is 2.81. The maximum atomic E-state index is 11.8. The summed E-state index contributed by atoms with van der Waals surface area (Å²) in [6.45, 7) is 7.89. The number of carboxylic acids is 1. The van der Waals surface area contributed by atoms with Gasteiger partial charge in [0.25, 0.3) is 5.56 Å². The lowest BCUT2D eigenvalue weighted by Crippen LogP contribution is -2.31. The molecule has 0 aromatic carbocycles. The molecular weight excluding hydrogens is 218 g/mol. The van der Waals surface area contributed by atoms with Gasteiger partial charge in [-0.05, 0) is 31.4 Å². The molecule has 0 aliphatic heterocycles. The molecule has 0 saturated carbocycles. The minimum absolute atomic E-state index is 0.148. The molecule has 0 atom stereocenters. The molecule has 0 amide bonds. The zero-order valence-electron chi connectivity index (χ0n) is 10.7. The van der Waals surface area contributed by atoms with Crippen molar-refractivity contribution < 1.29 is 9.90 Å². The summed E-state index contributed by atoms with van der Waals surface area (Å²) in [5, 5.41) is 9.09. The summed E-state index contributed by atoms with van der Waals surface area (Å²) in [4.78, 5) is 22.9. The summed E-state index contributed by atoms with van der Waals surface area (Å²) in [5.74, 6) is -0.551. The average molecular weight is 237 g/mol. The molecule has 0 aliphatic carbocycles. The highest BCUT2D eigenvalue weighted by Gasteiger charge is 2.29. The molecule has 17 heavy (non-hydrogen) atoms. The van der Waals surface area contributed by atoms with Crippen molar-refractivity contribution in [3.8, 4) is 0 Å². The van der Waals surface area contributed by atoms with E-state index >= 15 is 0 Å². The first-order valence-corrected chi connectivity index (χ1v) is 5.69. The van der Waals surface area contributed by atoms with Gasteiger partial charge in [0, 0.05) is 18.8 Å². The van der Waals surface area contributed by atoms with Gasteiger partial charge in [-0.2, -0.15) is 0 Å². The number of hydrogen-bond acceptors (Lipinski definition) is 2. The van der Waals surface area contributed by atoms with Crippen LogP contribution in [0.5, 0.6) is 0 Å². The Morgan fingerprint density at radius 1 is 1.47 bits per heavy atom. The summed E-state index contributed by atoms with van der Waals surface area (Å²) in [7, 11) is 0. The number of carbonyl (C=O) groups is 1. The van der Waals surface area contributed by atoms with Crippen LogP contribution in [0.15, 0.2) is 23.1 Å². The minimum atomic E-state index is -1.03. The summed E-state index contributed by atoms with van der Waals surface area (Å²) in [5.41, 5.74) is -0.642. The van der Waals surface area contributed by atoms with Crippen LogP contribution in [0.1, 0.15) is 33.3 Å². The number of nitrogens with zero attached hydrogens (tertiary/aromatic N) is 1. The molecule has 0 unspecified atom stereocenters. The normalized spacial score (nSPS) is 11.8. The molecular formula is C13H19NO3. The molecule has 1 aromatic rings. The van der Waals surface area contributed by atoms with Crippen molar-refractivity contribution in [1.29, 1.82) is 0 Å². The Balaban J connectivity index is 3.13. The van der Waals surface area contributed by atoms with Gasteiger partial charge in [-0.3, -0.25) is 9.59 Å². The first-order chi connectivity index (χ1) is 7.75. The van der Waals surface area contributed by atoms with E-state index in [9.17, 15) is 9.59 Å². The van der Waals surface area contributed by atoms with Crippen LogP contribution in [0, 0.1) is 5.92 Å². The van der Waals surface area contributed by atoms with E-state index in [0.717, 1.165) is 0 Å². The van der Waals surface area contributed by atoms with Crippen molar-refractivity contribution in [2.75, 3.05) is 0 Å². The third kappa shape index (κ3) is 2.96. The van der Waals surface area contributed by atoms with Crippen LogP contribution in [0.4, 0.5) is 0 Å². The van der Waals surface area contributed by atoms with Crippen molar-refractivity contribution in [1.82, 2.24) is 4.57 Å². The highest BCUT2D eigenvalue weighted by atomic mass is 16.4. The molecule has 0 saturated heterocycles. The van der Waals surface area contributed by atoms with Crippen LogP contribution in [-0.4, -0.2) is 15.6 Å². The molecule has 0 bridgehead atoms. The first kappa shape index (κ1) is 13.5. The van der Waals surface area contributed by atoms with Gasteiger partial charge in [0.2, 0.25) is 0 Å². The molecule has 1 heterocycles. The van der Waals surface area contributed by atoms with Gasteiger partial charge in [-0.15, -0.1) is 0 Å². The van der Waals surface area contributed by atoms with E-state index in [1.807, 2.05) is 13.8 Å². The van der Waals surface area contributed by atoms with Crippen LogP contribution in [0.3, 0.4) is 0 Å². The fourth-order valence-corrected chi connectivity index (χ4v) is 1.56. The van der Waals surface area contributed by atoms with Gasteiger partial charge in [0.05, 0.1) is 5.41 Å². The Hall–Kier alpha value is -1.58. The zero-order chi connectivity index (χ0) is 13.2. The quantitative estimate of drug-likeness (QED) is 0.869. The number of pyridine rings is 1. The summed E-state index contributed by atoms with van der Waals surface area (Å²) < 4.78 is 1.60. The Bertz CT molecular complexity index is 472. The molecule has 0 spiro atoms. The number of carboxylic acid groups (broad SMARTS) is 1. The van der Waals surface area contributed by atoms with Gasteiger partial charge in [-0.1, -0.05) is 13.8 Å². The van der Waals surface area contributed by atoms with Crippen molar-refractivity contribution in [3.05, 3.63) is 34.2 Å². The average Bonchev–Trinajstić information content (AvgIpc) is 2.20. The van der Waals surface area contributed by atoms with Crippen molar-refractivity contribution in [3.63, 3.8) is 0 Å². The molecule has 94 valence electrons. The van der Waals surface area contributed by atoms with Crippen molar-refractivity contribution in [2.24, 2.45) is 5.92 Å². The number of rotatable bonds is 4. The van der Waals surface area contributed by atoms with E-state index < -0.39 is 11.4 Å². The molecule has 1 aromatic heterocycles. The fraction of sp³-hybridized carbons (Fsp3) is 0.538. The Morgan fingerprint density at radius 3 is 2.47 bits per heavy atom.